The second-order valence-electron chi connectivity index (χ2n) is 5.69. The Balaban J connectivity index is 1.49. The zero-order valence-electron chi connectivity index (χ0n) is 15.0. The molecule has 0 bridgehead atoms. The number of carbonyl (C=O) groups is 2. The quantitative estimate of drug-likeness (QED) is 0.615. The number of rotatable bonds is 7. The Morgan fingerprint density at radius 1 is 1.14 bits per heavy atom. The summed E-state index contributed by atoms with van der Waals surface area (Å²) in [5, 5.41) is 4.97. The van der Waals surface area contributed by atoms with Crippen LogP contribution in [0.3, 0.4) is 0 Å². The number of carbonyl (C=O) groups excluding carboxylic acids is 2. The van der Waals surface area contributed by atoms with Gasteiger partial charge < -0.3 is 14.8 Å². The number of benzene rings is 2. The van der Waals surface area contributed by atoms with Crippen LogP contribution < -0.4 is 10.1 Å². The highest BCUT2D eigenvalue weighted by atomic mass is 32.1. The largest absolute Gasteiger partial charge is 0.496 e. The molecule has 0 saturated heterocycles. The molecule has 0 saturated carbocycles. The molecule has 3 rings (SSSR count). The topological polar surface area (TPSA) is 77.5 Å². The predicted octanol–water partition coefficient (Wildman–Crippen LogP) is 3.43. The first-order valence-electron chi connectivity index (χ1n) is 8.34. The van der Waals surface area contributed by atoms with E-state index in [9.17, 15) is 14.0 Å². The van der Waals surface area contributed by atoms with Crippen molar-refractivity contribution >= 4 is 23.2 Å². The maximum absolute atomic E-state index is 13.0. The van der Waals surface area contributed by atoms with E-state index in [0.29, 0.717) is 22.0 Å². The van der Waals surface area contributed by atoms with Crippen molar-refractivity contribution in [3.8, 4) is 16.3 Å². The van der Waals surface area contributed by atoms with Gasteiger partial charge in [0, 0.05) is 10.9 Å². The Kier molecular flexibility index (Phi) is 6.33. The SMILES string of the molecule is COc1ccccc1C(=O)NCC(=O)OCc1csc(-c2ccc(F)cc2)n1. The number of esters is 1. The van der Waals surface area contributed by atoms with Gasteiger partial charge in [0.05, 0.1) is 18.4 Å². The van der Waals surface area contributed by atoms with Crippen LogP contribution in [0.2, 0.25) is 0 Å². The first kappa shape index (κ1) is 19.5. The van der Waals surface area contributed by atoms with Crippen LogP contribution in [0.15, 0.2) is 53.9 Å². The third-order valence-electron chi connectivity index (χ3n) is 3.77. The number of ether oxygens (including phenoxy) is 2. The number of hydrogen-bond donors (Lipinski definition) is 1. The summed E-state index contributed by atoms with van der Waals surface area (Å²) in [5.41, 5.74) is 1.70. The summed E-state index contributed by atoms with van der Waals surface area (Å²) in [5.74, 6) is -0.907. The normalized spacial score (nSPS) is 10.4. The van der Waals surface area contributed by atoms with Gasteiger partial charge in [0.25, 0.3) is 5.91 Å². The highest BCUT2D eigenvalue weighted by Crippen LogP contribution is 2.24. The standard InChI is InChI=1S/C20H17FN2O4S/c1-26-17-5-3-2-4-16(17)19(25)22-10-18(24)27-11-15-12-28-20(23-15)13-6-8-14(21)9-7-13/h2-9,12H,10-11H2,1H3,(H,22,25). The summed E-state index contributed by atoms with van der Waals surface area (Å²) in [7, 11) is 1.47. The molecule has 8 heteroatoms. The molecule has 3 aromatic rings. The zero-order valence-corrected chi connectivity index (χ0v) is 15.8. The zero-order chi connectivity index (χ0) is 19.9. The number of hydrogen-bond acceptors (Lipinski definition) is 6. The van der Waals surface area contributed by atoms with Crippen LogP contribution in [0.4, 0.5) is 4.39 Å². The number of amides is 1. The molecule has 144 valence electrons. The summed E-state index contributed by atoms with van der Waals surface area (Å²) in [6.45, 7) is -0.285. The molecule has 2 aromatic carbocycles. The van der Waals surface area contributed by atoms with E-state index in [2.05, 4.69) is 10.3 Å². The molecule has 0 aliphatic carbocycles. The van der Waals surface area contributed by atoms with Gasteiger partial charge in [0.1, 0.15) is 29.7 Å². The van der Waals surface area contributed by atoms with E-state index < -0.39 is 11.9 Å². The molecule has 0 atom stereocenters. The van der Waals surface area contributed by atoms with Crippen molar-refractivity contribution in [2.75, 3.05) is 13.7 Å². The summed E-state index contributed by atoms with van der Waals surface area (Å²) >= 11 is 1.37. The molecule has 28 heavy (non-hydrogen) atoms. The maximum atomic E-state index is 13.0. The number of methoxy groups -OCH3 is 1. The third kappa shape index (κ3) is 4.92. The van der Waals surface area contributed by atoms with Crippen LogP contribution in [-0.2, 0) is 16.1 Å². The van der Waals surface area contributed by atoms with Crippen molar-refractivity contribution in [3.63, 3.8) is 0 Å². The Morgan fingerprint density at radius 2 is 1.89 bits per heavy atom. The van der Waals surface area contributed by atoms with Crippen molar-refractivity contribution < 1.29 is 23.5 Å². The van der Waals surface area contributed by atoms with Crippen LogP contribution >= 0.6 is 11.3 Å². The van der Waals surface area contributed by atoms with Crippen molar-refractivity contribution in [2.45, 2.75) is 6.61 Å². The fraction of sp³-hybridized carbons (Fsp3) is 0.150. The van der Waals surface area contributed by atoms with Gasteiger partial charge in [-0.3, -0.25) is 9.59 Å². The minimum atomic E-state index is -0.584. The highest BCUT2D eigenvalue weighted by Gasteiger charge is 2.13. The second kappa shape index (κ2) is 9.09. The number of halogens is 1. The lowest BCUT2D eigenvalue weighted by Gasteiger charge is -2.08. The first-order chi connectivity index (χ1) is 13.6. The van der Waals surface area contributed by atoms with E-state index in [1.165, 1.54) is 30.6 Å². The van der Waals surface area contributed by atoms with Crippen molar-refractivity contribution in [3.05, 3.63) is 71.0 Å². The summed E-state index contributed by atoms with van der Waals surface area (Å²) in [4.78, 5) is 28.4. The van der Waals surface area contributed by atoms with Crippen LogP contribution in [-0.4, -0.2) is 30.5 Å². The lowest BCUT2D eigenvalue weighted by Crippen LogP contribution is -2.30. The van der Waals surface area contributed by atoms with Gasteiger partial charge >= 0.3 is 5.97 Å². The van der Waals surface area contributed by atoms with Crippen LogP contribution in [0.25, 0.3) is 10.6 Å². The van der Waals surface area contributed by atoms with E-state index in [1.807, 2.05) is 0 Å². The van der Waals surface area contributed by atoms with Gasteiger partial charge in [0.2, 0.25) is 0 Å². The van der Waals surface area contributed by atoms with E-state index >= 15 is 0 Å². The van der Waals surface area contributed by atoms with Gasteiger partial charge in [-0.05, 0) is 36.4 Å². The van der Waals surface area contributed by atoms with Gasteiger partial charge in [-0.15, -0.1) is 11.3 Å². The predicted molar refractivity (Wildman–Crippen MR) is 103 cm³/mol. The monoisotopic (exact) mass is 400 g/mol. The Labute approximate surface area is 164 Å². The van der Waals surface area contributed by atoms with E-state index in [0.717, 1.165) is 5.56 Å². The van der Waals surface area contributed by atoms with Gasteiger partial charge in [-0.25, -0.2) is 9.37 Å². The Hall–Kier alpha value is -3.26. The molecule has 1 heterocycles. The smallest absolute Gasteiger partial charge is 0.325 e. The fourth-order valence-corrected chi connectivity index (χ4v) is 3.19. The molecule has 6 nitrogen and oxygen atoms in total. The number of para-hydroxylation sites is 1. The summed E-state index contributed by atoms with van der Waals surface area (Å²) < 4.78 is 23.2. The van der Waals surface area contributed by atoms with Crippen molar-refractivity contribution in [1.29, 1.82) is 0 Å². The van der Waals surface area contributed by atoms with Crippen molar-refractivity contribution in [1.82, 2.24) is 10.3 Å². The van der Waals surface area contributed by atoms with E-state index in [-0.39, 0.29) is 19.0 Å². The Morgan fingerprint density at radius 3 is 2.64 bits per heavy atom. The summed E-state index contributed by atoms with van der Waals surface area (Å²) in [6.07, 6.45) is 0. The van der Waals surface area contributed by atoms with Gasteiger partial charge in [0.15, 0.2) is 0 Å². The minimum absolute atomic E-state index is 0.0128. The highest BCUT2D eigenvalue weighted by molar-refractivity contribution is 7.13. The molecular formula is C20H17FN2O4S. The number of thiazole rings is 1. The molecule has 0 aliphatic rings. The second-order valence-corrected chi connectivity index (χ2v) is 6.55. The average molecular weight is 400 g/mol. The molecule has 1 N–H and O–H groups in total. The minimum Gasteiger partial charge on any atom is -0.496 e. The lowest BCUT2D eigenvalue weighted by atomic mass is 10.2. The third-order valence-corrected chi connectivity index (χ3v) is 4.71. The number of nitrogens with zero attached hydrogens (tertiary/aromatic N) is 1. The van der Waals surface area contributed by atoms with E-state index in [4.69, 9.17) is 9.47 Å². The van der Waals surface area contributed by atoms with E-state index in [1.54, 1.807) is 41.8 Å². The van der Waals surface area contributed by atoms with Gasteiger partial charge in [-0.2, -0.15) is 0 Å². The molecule has 0 radical (unpaired) electrons. The molecule has 1 aromatic heterocycles. The first-order valence-corrected chi connectivity index (χ1v) is 9.22. The van der Waals surface area contributed by atoms with Crippen LogP contribution in [0, 0.1) is 5.82 Å². The molecule has 0 unspecified atom stereocenters. The van der Waals surface area contributed by atoms with Crippen LogP contribution in [0.1, 0.15) is 16.1 Å². The molecule has 0 fully saturated rings. The average Bonchev–Trinajstić information content (AvgIpc) is 3.20. The molecule has 0 aliphatic heterocycles. The van der Waals surface area contributed by atoms with Crippen LogP contribution in [0.5, 0.6) is 5.75 Å². The van der Waals surface area contributed by atoms with Gasteiger partial charge in [-0.1, -0.05) is 12.1 Å². The maximum Gasteiger partial charge on any atom is 0.325 e. The molecule has 0 spiro atoms. The number of aromatic nitrogens is 1. The molecule has 1 amide bonds. The number of nitrogens with one attached hydrogen (secondary N) is 1. The van der Waals surface area contributed by atoms with Crippen molar-refractivity contribution in [2.24, 2.45) is 0 Å². The molecular weight excluding hydrogens is 383 g/mol. The summed E-state index contributed by atoms with van der Waals surface area (Å²) in [6, 6.07) is 12.7. The lowest BCUT2D eigenvalue weighted by molar-refractivity contribution is -0.143. The fourth-order valence-electron chi connectivity index (χ4n) is 2.38. The Bertz CT molecular complexity index is 972.